The zero-order chi connectivity index (χ0) is 18.2. The van der Waals surface area contributed by atoms with Crippen LogP contribution in [-0.4, -0.2) is 14.7 Å². The van der Waals surface area contributed by atoms with Gasteiger partial charge in [0.25, 0.3) is 5.69 Å². The van der Waals surface area contributed by atoms with E-state index in [1.54, 1.807) is 0 Å². The van der Waals surface area contributed by atoms with Gasteiger partial charge in [0.1, 0.15) is 11.5 Å². The summed E-state index contributed by atoms with van der Waals surface area (Å²) in [6.07, 6.45) is -4.69. The fraction of sp³-hybridized carbons (Fsp3) is 0.0625. The summed E-state index contributed by atoms with van der Waals surface area (Å²) in [5.41, 5.74) is -0.951. The first-order chi connectivity index (χ1) is 11.8. The molecule has 0 radical (unpaired) electrons. The van der Waals surface area contributed by atoms with Gasteiger partial charge in [0.2, 0.25) is 0 Å². The number of rotatable bonds is 3. The number of halogens is 4. The lowest BCUT2D eigenvalue weighted by Crippen LogP contribution is -2.13. The molecule has 0 aliphatic carbocycles. The standard InChI is InChI=1S/C16H9F4N3O2/c17-11-3-1-10(2-4-11)14-9-15(16(18,19)20)22(21-14)12-5-7-13(8-6-12)23(24)25/h1-9H. The van der Waals surface area contributed by atoms with Crippen LogP contribution in [0.2, 0.25) is 0 Å². The molecule has 0 saturated carbocycles. The Morgan fingerprint density at radius 2 is 1.60 bits per heavy atom. The van der Waals surface area contributed by atoms with Crippen molar-refractivity contribution in [3.8, 4) is 16.9 Å². The number of aromatic nitrogens is 2. The van der Waals surface area contributed by atoms with Gasteiger partial charge in [0.15, 0.2) is 0 Å². The number of hydrogen-bond acceptors (Lipinski definition) is 3. The third-order valence-corrected chi connectivity index (χ3v) is 3.44. The molecule has 3 aromatic rings. The quantitative estimate of drug-likeness (QED) is 0.393. The van der Waals surface area contributed by atoms with Crippen LogP contribution in [0.4, 0.5) is 23.2 Å². The molecule has 0 amide bonds. The van der Waals surface area contributed by atoms with Gasteiger partial charge in [-0.2, -0.15) is 18.3 Å². The van der Waals surface area contributed by atoms with E-state index in [0.717, 1.165) is 30.3 Å². The first-order valence-electron chi connectivity index (χ1n) is 6.94. The smallest absolute Gasteiger partial charge is 0.258 e. The van der Waals surface area contributed by atoms with Crippen molar-refractivity contribution in [2.75, 3.05) is 0 Å². The summed E-state index contributed by atoms with van der Waals surface area (Å²) in [7, 11) is 0. The first kappa shape index (κ1) is 16.6. The van der Waals surface area contributed by atoms with Gasteiger partial charge in [0, 0.05) is 17.7 Å². The molecular weight excluding hydrogens is 342 g/mol. The van der Waals surface area contributed by atoms with E-state index in [1.807, 2.05) is 0 Å². The molecule has 0 fully saturated rings. The fourth-order valence-corrected chi connectivity index (χ4v) is 2.26. The zero-order valence-corrected chi connectivity index (χ0v) is 12.4. The van der Waals surface area contributed by atoms with Gasteiger partial charge in [-0.1, -0.05) is 0 Å². The molecule has 2 aromatic carbocycles. The first-order valence-corrected chi connectivity index (χ1v) is 6.94. The van der Waals surface area contributed by atoms with Gasteiger partial charge >= 0.3 is 6.18 Å². The lowest BCUT2D eigenvalue weighted by Gasteiger charge is -2.09. The van der Waals surface area contributed by atoms with E-state index in [9.17, 15) is 27.7 Å². The molecule has 0 unspecified atom stereocenters. The maximum atomic E-state index is 13.3. The molecule has 1 heterocycles. The summed E-state index contributed by atoms with van der Waals surface area (Å²) in [6.45, 7) is 0. The minimum Gasteiger partial charge on any atom is -0.258 e. The van der Waals surface area contributed by atoms with Gasteiger partial charge in [-0.05, 0) is 42.5 Å². The maximum Gasteiger partial charge on any atom is 0.433 e. The molecular formula is C16H9F4N3O2. The Bertz CT molecular complexity index is 916. The van der Waals surface area contributed by atoms with Crippen LogP contribution in [0, 0.1) is 15.9 Å². The second-order valence-electron chi connectivity index (χ2n) is 5.10. The summed E-state index contributed by atoms with van der Waals surface area (Å²) in [5.74, 6) is -0.519. The second kappa shape index (κ2) is 6.00. The van der Waals surface area contributed by atoms with Crippen molar-refractivity contribution in [3.63, 3.8) is 0 Å². The van der Waals surface area contributed by atoms with Crippen LogP contribution < -0.4 is 0 Å². The number of benzene rings is 2. The molecule has 128 valence electrons. The van der Waals surface area contributed by atoms with Gasteiger partial charge in [-0.3, -0.25) is 10.1 Å². The minimum absolute atomic E-state index is 0.00526. The molecule has 0 saturated heterocycles. The topological polar surface area (TPSA) is 61.0 Å². The van der Waals surface area contributed by atoms with Crippen molar-refractivity contribution in [2.24, 2.45) is 0 Å². The van der Waals surface area contributed by atoms with Crippen LogP contribution in [-0.2, 0) is 6.18 Å². The SMILES string of the molecule is O=[N+]([O-])c1ccc(-n2nc(-c3ccc(F)cc3)cc2C(F)(F)F)cc1. The Morgan fingerprint density at radius 1 is 1.00 bits per heavy atom. The molecule has 9 heteroatoms. The molecule has 0 atom stereocenters. The summed E-state index contributed by atoms with van der Waals surface area (Å²) in [6, 6.07) is 10.2. The number of non-ortho nitro benzene ring substituents is 1. The Labute approximate surface area is 138 Å². The number of nitro groups is 1. The van der Waals surface area contributed by atoms with Gasteiger partial charge < -0.3 is 0 Å². The van der Waals surface area contributed by atoms with E-state index in [2.05, 4.69) is 5.10 Å². The van der Waals surface area contributed by atoms with Crippen LogP contribution in [0.15, 0.2) is 54.6 Å². The summed E-state index contributed by atoms with van der Waals surface area (Å²) >= 11 is 0. The highest BCUT2D eigenvalue weighted by molar-refractivity contribution is 5.60. The van der Waals surface area contributed by atoms with Gasteiger partial charge in [0.05, 0.1) is 16.3 Å². The third-order valence-electron chi connectivity index (χ3n) is 3.44. The summed E-state index contributed by atoms with van der Waals surface area (Å²) < 4.78 is 53.6. The van der Waals surface area contributed by atoms with Crippen molar-refractivity contribution >= 4 is 5.69 Å². The summed E-state index contributed by atoms with van der Waals surface area (Å²) in [5, 5.41) is 14.6. The molecule has 0 aliphatic rings. The van der Waals surface area contributed by atoms with Crippen molar-refractivity contribution < 1.29 is 22.5 Å². The average molecular weight is 351 g/mol. The van der Waals surface area contributed by atoms with Crippen LogP contribution in [0.5, 0.6) is 0 Å². The zero-order valence-electron chi connectivity index (χ0n) is 12.4. The highest BCUT2D eigenvalue weighted by Gasteiger charge is 2.36. The van der Waals surface area contributed by atoms with E-state index < -0.39 is 22.6 Å². The van der Waals surface area contributed by atoms with Gasteiger partial charge in [-0.25, -0.2) is 9.07 Å². The predicted molar refractivity (Wildman–Crippen MR) is 80.6 cm³/mol. The molecule has 0 spiro atoms. The molecule has 3 rings (SSSR count). The molecule has 0 N–H and O–H groups in total. The molecule has 0 bridgehead atoms. The molecule has 25 heavy (non-hydrogen) atoms. The number of nitrogens with zero attached hydrogens (tertiary/aromatic N) is 3. The van der Waals surface area contributed by atoms with Crippen molar-refractivity contribution in [1.29, 1.82) is 0 Å². The Morgan fingerprint density at radius 3 is 2.12 bits per heavy atom. The minimum atomic E-state index is -4.69. The second-order valence-corrected chi connectivity index (χ2v) is 5.10. The van der Waals surface area contributed by atoms with E-state index in [1.165, 1.54) is 24.3 Å². The highest BCUT2D eigenvalue weighted by Crippen LogP contribution is 2.34. The van der Waals surface area contributed by atoms with Crippen molar-refractivity contribution in [1.82, 2.24) is 9.78 Å². The third kappa shape index (κ3) is 3.35. The van der Waals surface area contributed by atoms with E-state index in [-0.39, 0.29) is 17.1 Å². The van der Waals surface area contributed by atoms with Crippen LogP contribution in [0.25, 0.3) is 16.9 Å². The molecule has 5 nitrogen and oxygen atoms in total. The molecule has 0 aliphatic heterocycles. The fourth-order valence-electron chi connectivity index (χ4n) is 2.26. The Kier molecular flexibility index (Phi) is 3.99. The van der Waals surface area contributed by atoms with E-state index >= 15 is 0 Å². The monoisotopic (exact) mass is 351 g/mol. The normalized spacial score (nSPS) is 11.5. The van der Waals surface area contributed by atoms with Crippen molar-refractivity contribution in [2.45, 2.75) is 6.18 Å². The lowest BCUT2D eigenvalue weighted by atomic mass is 10.1. The Balaban J connectivity index is 2.11. The van der Waals surface area contributed by atoms with E-state index in [4.69, 9.17) is 0 Å². The number of nitro benzene ring substituents is 1. The largest absolute Gasteiger partial charge is 0.433 e. The predicted octanol–water partition coefficient (Wildman–Crippen LogP) is 4.61. The number of alkyl halides is 3. The maximum absolute atomic E-state index is 13.3. The lowest BCUT2D eigenvalue weighted by molar-refractivity contribution is -0.384. The van der Waals surface area contributed by atoms with Crippen molar-refractivity contribution in [3.05, 3.63) is 76.2 Å². The van der Waals surface area contributed by atoms with Gasteiger partial charge in [-0.15, -0.1) is 0 Å². The number of hydrogen-bond donors (Lipinski definition) is 0. The summed E-state index contributed by atoms with van der Waals surface area (Å²) in [4.78, 5) is 10.0. The van der Waals surface area contributed by atoms with Crippen LogP contribution >= 0.6 is 0 Å². The van der Waals surface area contributed by atoms with Crippen LogP contribution in [0.3, 0.4) is 0 Å². The highest BCUT2D eigenvalue weighted by atomic mass is 19.4. The van der Waals surface area contributed by atoms with Crippen LogP contribution in [0.1, 0.15) is 5.69 Å². The molecule has 1 aromatic heterocycles. The Hall–Kier alpha value is -3.23. The van der Waals surface area contributed by atoms with E-state index in [0.29, 0.717) is 10.2 Å². The average Bonchev–Trinajstić information content (AvgIpc) is 3.01.